The lowest BCUT2D eigenvalue weighted by Crippen LogP contribution is -1.85. The van der Waals surface area contributed by atoms with Crippen LogP contribution in [0.15, 0.2) is 55.4 Å². The molecule has 1 aromatic carbocycles. The van der Waals surface area contributed by atoms with E-state index >= 15 is 0 Å². The summed E-state index contributed by atoms with van der Waals surface area (Å²) in [4.78, 5) is 0. The van der Waals surface area contributed by atoms with Crippen molar-refractivity contribution in [2.24, 2.45) is 0 Å². The van der Waals surface area contributed by atoms with Crippen LogP contribution in [0.1, 0.15) is 33.4 Å². The van der Waals surface area contributed by atoms with Gasteiger partial charge in [0.2, 0.25) is 0 Å². The SMILES string of the molecule is C(#Cc1cc(C#Cc2cn[nH]c2)cc(C#Cc2cn[nH]c2)c1)c1cn[nH]c1. The van der Waals surface area contributed by atoms with Crippen LogP contribution in [0, 0.1) is 35.5 Å². The van der Waals surface area contributed by atoms with E-state index in [0.717, 1.165) is 33.4 Å². The minimum absolute atomic E-state index is 0.816. The Bertz CT molecular complexity index is 1040. The number of nitrogens with one attached hydrogen (secondary N) is 3. The summed E-state index contributed by atoms with van der Waals surface area (Å²) >= 11 is 0. The third kappa shape index (κ3) is 4.33. The Kier molecular flexibility index (Phi) is 4.52. The van der Waals surface area contributed by atoms with Crippen molar-refractivity contribution in [2.75, 3.05) is 0 Å². The summed E-state index contributed by atoms with van der Waals surface area (Å²) in [7, 11) is 0. The van der Waals surface area contributed by atoms with Gasteiger partial charge in [-0.25, -0.2) is 0 Å². The summed E-state index contributed by atoms with van der Waals surface area (Å²) < 4.78 is 0. The fourth-order valence-electron chi connectivity index (χ4n) is 2.23. The molecule has 126 valence electrons. The van der Waals surface area contributed by atoms with E-state index in [1.165, 1.54) is 0 Å². The van der Waals surface area contributed by atoms with E-state index in [9.17, 15) is 0 Å². The molecule has 0 saturated heterocycles. The largest absolute Gasteiger partial charge is 0.284 e. The van der Waals surface area contributed by atoms with Gasteiger partial charge in [-0.05, 0) is 18.2 Å². The topological polar surface area (TPSA) is 86.0 Å². The Morgan fingerprint density at radius 3 is 1.00 bits per heavy atom. The maximum absolute atomic E-state index is 3.90. The molecule has 0 radical (unpaired) electrons. The van der Waals surface area contributed by atoms with E-state index in [4.69, 9.17) is 0 Å². The summed E-state index contributed by atoms with van der Waals surface area (Å²) in [6.07, 6.45) is 10.3. The molecule has 0 bridgehead atoms. The summed E-state index contributed by atoms with van der Waals surface area (Å²) in [5.74, 6) is 18.6. The average Bonchev–Trinajstić information content (AvgIpc) is 3.46. The van der Waals surface area contributed by atoms with Gasteiger partial charge >= 0.3 is 0 Å². The highest BCUT2D eigenvalue weighted by atomic mass is 15.1. The lowest BCUT2D eigenvalue weighted by atomic mass is 10.1. The smallest absolute Gasteiger partial charge is 0.0644 e. The van der Waals surface area contributed by atoms with Crippen LogP contribution in [0.3, 0.4) is 0 Å². The minimum Gasteiger partial charge on any atom is -0.284 e. The first-order chi connectivity index (χ1) is 13.3. The fraction of sp³-hybridized carbons (Fsp3) is 0. The second-order valence-electron chi connectivity index (χ2n) is 5.51. The summed E-state index contributed by atoms with van der Waals surface area (Å²) in [6, 6.07) is 5.80. The number of hydrogen-bond acceptors (Lipinski definition) is 3. The molecule has 0 fully saturated rings. The number of H-pyrrole nitrogens is 3. The molecule has 0 amide bonds. The second-order valence-corrected chi connectivity index (χ2v) is 5.51. The van der Waals surface area contributed by atoms with Crippen LogP contribution in [0.4, 0.5) is 0 Å². The van der Waals surface area contributed by atoms with Crippen molar-refractivity contribution in [2.45, 2.75) is 0 Å². The highest BCUT2D eigenvalue weighted by Gasteiger charge is 1.98. The molecule has 0 atom stereocenters. The van der Waals surface area contributed by atoms with Gasteiger partial charge in [0.05, 0.1) is 35.3 Å². The molecular formula is C21H12N6. The Hall–Kier alpha value is -4.47. The molecule has 27 heavy (non-hydrogen) atoms. The third-order valence-corrected chi connectivity index (χ3v) is 3.48. The van der Waals surface area contributed by atoms with Crippen molar-refractivity contribution in [3.8, 4) is 35.5 Å². The second kappa shape index (κ2) is 7.61. The van der Waals surface area contributed by atoms with Gasteiger partial charge in [0.15, 0.2) is 0 Å². The van der Waals surface area contributed by atoms with Crippen molar-refractivity contribution >= 4 is 0 Å². The van der Waals surface area contributed by atoms with Crippen molar-refractivity contribution in [3.05, 3.63) is 88.8 Å². The monoisotopic (exact) mass is 348 g/mol. The molecule has 0 spiro atoms. The molecule has 3 aromatic heterocycles. The quantitative estimate of drug-likeness (QED) is 0.425. The zero-order chi connectivity index (χ0) is 18.3. The molecule has 0 aliphatic rings. The summed E-state index contributed by atoms with van der Waals surface area (Å²) in [6.45, 7) is 0. The van der Waals surface area contributed by atoms with Crippen LogP contribution in [-0.2, 0) is 0 Å². The number of nitrogens with zero attached hydrogens (tertiary/aromatic N) is 3. The summed E-state index contributed by atoms with van der Waals surface area (Å²) in [5.41, 5.74) is 4.92. The number of benzene rings is 1. The van der Waals surface area contributed by atoms with Gasteiger partial charge < -0.3 is 0 Å². The maximum atomic E-state index is 3.90. The van der Waals surface area contributed by atoms with Crippen LogP contribution in [0.2, 0.25) is 0 Å². The first-order valence-electron chi connectivity index (χ1n) is 8.03. The van der Waals surface area contributed by atoms with E-state index < -0.39 is 0 Å². The predicted molar refractivity (Wildman–Crippen MR) is 100 cm³/mol. The van der Waals surface area contributed by atoms with Crippen LogP contribution in [0.25, 0.3) is 0 Å². The Morgan fingerprint density at radius 1 is 0.444 bits per heavy atom. The molecule has 0 saturated carbocycles. The summed E-state index contributed by atoms with van der Waals surface area (Å²) in [5, 5.41) is 19.9. The molecule has 6 heteroatoms. The van der Waals surface area contributed by atoms with Gasteiger partial charge in [0, 0.05) is 35.3 Å². The van der Waals surface area contributed by atoms with E-state index in [1.54, 1.807) is 37.2 Å². The van der Waals surface area contributed by atoms with Crippen molar-refractivity contribution in [3.63, 3.8) is 0 Å². The van der Waals surface area contributed by atoms with Gasteiger partial charge in [-0.2, -0.15) is 15.3 Å². The number of aromatic amines is 3. The van der Waals surface area contributed by atoms with Gasteiger partial charge in [0.25, 0.3) is 0 Å². The van der Waals surface area contributed by atoms with Crippen molar-refractivity contribution < 1.29 is 0 Å². The average molecular weight is 348 g/mol. The lowest BCUT2D eigenvalue weighted by molar-refractivity contribution is 1.09. The Labute approximate surface area is 155 Å². The van der Waals surface area contributed by atoms with Crippen molar-refractivity contribution in [1.82, 2.24) is 30.6 Å². The highest BCUT2D eigenvalue weighted by Crippen LogP contribution is 2.09. The predicted octanol–water partition coefficient (Wildman–Crippen LogP) is 2.06. The molecule has 0 aliphatic carbocycles. The molecule has 4 aromatic rings. The van der Waals surface area contributed by atoms with Crippen LogP contribution >= 0.6 is 0 Å². The van der Waals surface area contributed by atoms with E-state index in [2.05, 4.69) is 66.1 Å². The molecular weight excluding hydrogens is 336 g/mol. The maximum Gasteiger partial charge on any atom is 0.0644 e. The van der Waals surface area contributed by atoms with E-state index in [1.807, 2.05) is 18.2 Å². The molecule has 3 N–H and O–H groups in total. The lowest BCUT2D eigenvalue weighted by Gasteiger charge is -1.97. The molecule has 0 aliphatic heterocycles. The standard InChI is InChI=1S/C21H12N6/c1(4-19-10-22-23-11-19)16-7-17(2-5-20-12-24-25-13-20)9-18(8-16)3-6-21-14-26-27-15-21/h7-15H,(H,22,23)(H,24,25)(H,26,27). The zero-order valence-corrected chi connectivity index (χ0v) is 14.0. The Morgan fingerprint density at radius 2 is 0.741 bits per heavy atom. The first kappa shape index (κ1) is 16.0. The molecule has 6 nitrogen and oxygen atoms in total. The fourth-order valence-corrected chi connectivity index (χ4v) is 2.23. The first-order valence-corrected chi connectivity index (χ1v) is 8.03. The molecule has 4 rings (SSSR count). The number of hydrogen-bond donors (Lipinski definition) is 3. The van der Waals surface area contributed by atoms with Crippen LogP contribution in [-0.4, -0.2) is 30.6 Å². The van der Waals surface area contributed by atoms with Crippen LogP contribution in [0.5, 0.6) is 0 Å². The minimum atomic E-state index is 0.816. The molecule has 3 heterocycles. The number of rotatable bonds is 0. The van der Waals surface area contributed by atoms with Gasteiger partial charge in [-0.1, -0.05) is 35.5 Å². The Balaban J connectivity index is 1.71. The van der Waals surface area contributed by atoms with Crippen LogP contribution < -0.4 is 0 Å². The number of aromatic nitrogens is 6. The molecule has 0 unspecified atom stereocenters. The zero-order valence-electron chi connectivity index (χ0n) is 14.0. The van der Waals surface area contributed by atoms with Crippen molar-refractivity contribution in [1.29, 1.82) is 0 Å². The van der Waals surface area contributed by atoms with Gasteiger partial charge in [-0.3, -0.25) is 15.3 Å². The highest BCUT2D eigenvalue weighted by molar-refractivity contribution is 5.54. The van der Waals surface area contributed by atoms with E-state index in [0.29, 0.717) is 0 Å². The van der Waals surface area contributed by atoms with Gasteiger partial charge in [-0.15, -0.1) is 0 Å². The normalized spacial score (nSPS) is 9.33. The van der Waals surface area contributed by atoms with Gasteiger partial charge in [0.1, 0.15) is 0 Å². The third-order valence-electron chi connectivity index (χ3n) is 3.48. The van der Waals surface area contributed by atoms with E-state index in [-0.39, 0.29) is 0 Å².